The third-order valence-electron chi connectivity index (χ3n) is 5.01. The summed E-state index contributed by atoms with van der Waals surface area (Å²) in [5.74, 6) is 2.21. The molecule has 140 valence electrons. The first kappa shape index (κ1) is 17.8. The van der Waals surface area contributed by atoms with Crippen LogP contribution >= 0.6 is 11.3 Å². The van der Waals surface area contributed by atoms with Crippen LogP contribution in [0.1, 0.15) is 35.2 Å². The van der Waals surface area contributed by atoms with Gasteiger partial charge in [0.1, 0.15) is 10.7 Å². The van der Waals surface area contributed by atoms with Crippen LogP contribution in [0, 0.1) is 13.8 Å². The second kappa shape index (κ2) is 6.85. The Hall–Kier alpha value is -2.60. The number of hydrogen-bond donors (Lipinski definition) is 0. The molecule has 0 saturated heterocycles. The number of thiophene rings is 1. The molecule has 0 bridgehead atoms. The molecule has 2 aromatic heterocycles. The highest BCUT2D eigenvalue weighted by atomic mass is 32.1. The van der Waals surface area contributed by atoms with E-state index >= 15 is 0 Å². The van der Waals surface area contributed by atoms with Crippen LogP contribution in [0.5, 0.6) is 11.5 Å². The Morgan fingerprint density at radius 3 is 2.85 bits per heavy atom. The average molecular weight is 382 g/mol. The van der Waals surface area contributed by atoms with Gasteiger partial charge in [0.15, 0.2) is 11.5 Å². The fraction of sp³-hybridized carbons (Fsp3) is 0.333. The number of ether oxygens (including phenoxy) is 2. The van der Waals surface area contributed by atoms with E-state index in [-0.39, 0.29) is 5.56 Å². The molecule has 1 aromatic carbocycles. The van der Waals surface area contributed by atoms with Crippen LogP contribution in [0.25, 0.3) is 21.9 Å². The lowest BCUT2D eigenvalue weighted by atomic mass is 10.1. The van der Waals surface area contributed by atoms with E-state index in [0.717, 1.165) is 49.8 Å². The van der Waals surface area contributed by atoms with E-state index in [9.17, 15) is 4.79 Å². The smallest absolute Gasteiger partial charge is 0.262 e. The molecule has 1 aliphatic heterocycles. The van der Waals surface area contributed by atoms with Gasteiger partial charge in [0.2, 0.25) is 0 Å². The van der Waals surface area contributed by atoms with Gasteiger partial charge >= 0.3 is 0 Å². The van der Waals surface area contributed by atoms with Gasteiger partial charge in [-0.25, -0.2) is 4.98 Å². The average Bonchev–Trinajstić information content (AvgIpc) is 3.17. The van der Waals surface area contributed by atoms with Crippen molar-refractivity contribution in [3.8, 4) is 11.5 Å². The van der Waals surface area contributed by atoms with Gasteiger partial charge in [-0.2, -0.15) is 0 Å². The van der Waals surface area contributed by atoms with Crippen molar-refractivity contribution < 1.29 is 9.47 Å². The molecule has 0 radical (unpaired) electrons. The summed E-state index contributed by atoms with van der Waals surface area (Å²) in [5.41, 5.74) is 3.21. The number of aryl methyl sites for hydroxylation is 2. The Labute approximate surface area is 161 Å². The van der Waals surface area contributed by atoms with Crippen molar-refractivity contribution in [2.24, 2.45) is 0 Å². The molecule has 3 heterocycles. The fourth-order valence-corrected chi connectivity index (χ4v) is 4.53. The van der Waals surface area contributed by atoms with Crippen molar-refractivity contribution in [3.05, 3.63) is 50.4 Å². The lowest BCUT2D eigenvalue weighted by Gasteiger charge is -2.10. The lowest BCUT2D eigenvalue weighted by Crippen LogP contribution is -2.20. The first-order valence-electron chi connectivity index (χ1n) is 9.05. The van der Waals surface area contributed by atoms with E-state index in [4.69, 9.17) is 14.5 Å². The van der Waals surface area contributed by atoms with E-state index in [2.05, 4.69) is 6.08 Å². The Morgan fingerprint density at radius 2 is 2.11 bits per heavy atom. The summed E-state index contributed by atoms with van der Waals surface area (Å²) < 4.78 is 12.8. The molecule has 1 aliphatic rings. The molecular formula is C21H22N2O3S. The molecule has 0 aliphatic carbocycles. The standard InChI is InChI=1S/C21H22N2O3S/c1-5-26-17-11-14(6-7-16(17)25-4)10-15-8-9-23-19(15)22-20-18(21(23)24)12(2)13(3)27-20/h6-7,10-11H,5,8-9H2,1-4H3. The Bertz CT molecular complexity index is 1120. The van der Waals surface area contributed by atoms with Crippen LogP contribution in [0.4, 0.5) is 0 Å². The van der Waals surface area contributed by atoms with Gasteiger partial charge in [0.05, 0.1) is 19.1 Å². The number of allylic oxidation sites excluding steroid dienone is 1. The third kappa shape index (κ3) is 2.94. The molecular weight excluding hydrogens is 360 g/mol. The van der Waals surface area contributed by atoms with Crippen LogP contribution in [0.15, 0.2) is 23.0 Å². The lowest BCUT2D eigenvalue weighted by molar-refractivity contribution is 0.311. The maximum absolute atomic E-state index is 12.9. The molecule has 0 saturated carbocycles. The van der Waals surface area contributed by atoms with E-state index in [1.54, 1.807) is 23.0 Å². The molecule has 0 unspecified atom stereocenters. The summed E-state index contributed by atoms with van der Waals surface area (Å²) in [7, 11) is 1.63. The SMILES string of the molecule is CCOc1cc(C=C2CCn3c2nc2sc(C)c(C)c2c3=O)ccc1OC. The predicted molar refractivity (Wildman–Crippen MR) is 110 cm³/mol. The third-order valence-corrected chi connectivity index (χ3v) is 6.11. The molecule has 0 atom stereocenters. The van der Waals surface area contributed by atoms with Crippen LogP contribution in [0.2, 0.25) is 0 Å². The van der Waals surface area contributed by atoms with Gasteiger partial charge in [-0.3, -0.25) is 9.36 Å². The Morgan fingerprint density at radius 1 is 1.30 bits per heavy atom. The summed E-state index contributed by atoms with van der Waals surface area (Å²) in [4.78, 5) is 19.8. The van der Waals surface area contributed by atoms with Gasteiger partial charge in [-0.15, -0.1) is 11.3 Å². The van der Waals surface area contributed by atoms with Gasteiger partial charge in [-0.05, 0) is 62.1 Å². The second-order valence-electron chi connectivity index (χ2n) is 6.62. The molecule has 27 heavy (non-hydrogen) atoms. The minimum absolute atomic E-state index is 0.0741. The van der Waals surface area contributed by atoms with Gasteiger partial charge in [0.25, 0.3) is 5.56 Å². The van der Waals surface area contributed by atoms with E-state index < -0.39 is 0 Å². The zero-order chi connectivity index (χ0) is 19.1. The molecule has 3 aromatic rings. The van der Waals surface area contributed by atoms with E-state index in [1.807, 2.05) is 39.0 Å². The number of fused-ring (bicyclic) bond motifs is 2. The molecule has 0 fully saturated rings. The first-order chi connectivity index (χ1) is 13.0. The topological polar surface area (TPSA) is 53.4 Å². The van der Waals surface area contributed by atoms with Crippen LogP contribution in [0.3, 0.4) is 0 Å². The minimum atomic E-state index is 0.0741. The van der Waals surface area contributed by atoms with Crippen molar-refractivity contribution in [1.82, 2.24) is 9.55 Å². The van der Waals surface area contributed by atoms with E-state index in [1.165, 1.54) is 0 Å². The summed E-state index contributed by atoms with van der Waals surface area (Å²) in [6.07, 6.45) is 2.89. The van der Waals surface area contributed by atoms with Crippen molar-refractivity contribution >= 4 is 33.2 Å². The minimum Gasteiger partial charge on any atom is -0.493 e. The van der Waals surface area contributed by atoms with Crippen LogP contribution in [-0.2, 0) is 6.54 Å². The van der Waals surface area contributed by atoms with Crippen LogP contribution in [-0.4, -0.2) is 23.3 Å². The summed E-state index contributed by atoms with van der Waals surface area (Å²) in [6, 6.07) is 5.86. The summed E-state index contributed by atoms with van der Waals surface area (Å²) >= 11 is 1.59. The van der Waals surface area contributed by atoms with Crippen molar-refractivity contribution in [2.75, 3.05) is 13.7 Å². The molecule has 0 amide bonds. The van der Waals surface area contributed by atoms with Crippen molar-refractivity contribution in [1.29, 1.82) is 0 Å². The fourth-order valence-electron chi connectivity index (χ4n) is 3.51. The number of benzene rings is 1. The van der Waals surface area contributed by atoms with E-state index in [0.29, 0.717) is 18.9 Å². The summed E-state index contributed by atoms with van der Waals surface area (Å²) in [5, 5.41) is 0.769. The first-order valence-corrected chi connectivity index (χ1v) is 9.87. The maximum atomic E-state index is 12.9. The molecule has 4 rings (SSSR count). The highest BCUT2D eigenvalue weighted by Crippen LogP contribution is 2.34. The van der Waals surface area contributed by atoms with Crippen molar-refractivity contribution in [3.63, 3.8) is 0 Å². The highest BCUT2D eigenvalue weighted by Gasteiger charge is 2.23. The number of nitrogens with zero attached hydrogens (tertiary/aromatic N) is 2. The molecule has 5 nitrogen and oxygen atoms in total. The quantitative estimate of drug-likeness (QED) is 0.670. The number of methoxy groups -OCH3 is 1. The highest BCUT2D eigenvalue weighted by molar-refractivity contribution is 7.18. The Balaban J connectivity index is 1.82. The van der Waals surface area contributed by atoms with Gasteiger partial charge < -0.3 is 9.47 Å². The largest absolute Gasteiger partial charge is 0.493 e. The number of aromatic nitrogens is 2. The number of rotatable bonds is 4. The monoisotopic (exact) mass is 382 g/mol. The second-order valence-corrected chi connectivity index (χ2v) is 7.82. The normalized spacial score (nSPS) is 14.7. The molecule has 6 heteroatoms. The molecule has 0 N–H and O–H groups in total. The van der Waals surface area contributed by atoms with Gasteiger partial charge in [-0.1, -0.05) is 6.07 Å². The zero-order valence-corrected chi connectivity index (χ0v) is 16.8. The van der Waals surface area contributed by atoms with Crippen LogP contribution < -0.4 is 15.0 Å². The van der Waals surface area contributed by atoms with Gasteiger partial charge in [0, 0.05) is 11.4 Å². The Kier molecular flexibility index (Phi) is 4.52. The van der Waals surface area contributed by atoms with Crippen molar-refractivity contribution in [2.45, 2.75) is 33.7 Å². The zero-order valence-electron chi connectivity index (χ0n) is 16.0. The number of hydrogen-bond acceptors (Lipinski definition) is 5. The maximum Gasteiger partial charge on any atom is 0.262 e. The predicted octanol–water partition coefficient (Wildman–Crippen LogP) is 4.43. The molecule has 0 spiro atoms. The summed E-state index contributed by atoms with van der Waals surface area (Å²) in [6.45, 7) is 7.24.